The SMILES string of the molecule is CC(C)NCC(O)c1ccc(Br)c(Br)c1. The molecule has 1 atom stereocenters. The van der Waals surface area contributed by atoms with Gasteiger partial charge in [0, 0.05) is 21.5 Å². The summed E-state index contributed by atoms with van der Waals surface area (Å²) in [6.07, 6.45) is -0.461. The molecule has 1 aromatic carbocycles. The second-order valence-corrected chi connectivity index (χ2v) is 5.46. The van der Waals surface area contributed by atoms with Crippen molar-refractivity contribution in [2.45, 2.75) is 26.0 Å². The third kappa shape index (κ3) is 4.23. The number of rotatable bonds is 4. The fraction of sp³-hybridized carbons (Fsp3) is 0.455. The lowest BCUT2D eigenvalue weighted by atomic mass is 10.1. The van der Waals surface area contributed by atoms with Crippen molar-refractivity contribution in [1.82, 2.24) is 5.32 Å². The summed E-state index contributed by atoms with van der Waals surface area (Å²) >= 11 is 6.81. The van der Waals surface area contributed by atoms with E-state index in [0.29, 0.717) is 12.6 Å². The van der Waals surface area contributed by atoms with Crippen LogP contribution in [0.25, 0.3) is 0 Å². The van der Waals surface area contributed by atoms with E-state index in [2.05, 4.69) is 51.0 Å². The maximum atomic E-state index is 9.89. The molecule has 0 fully saturated rings. The Morgan fingerprint density at radius 1 is 1.27 bits per heavy atom. The molecule has 0 heterocycles. The summed E-state index contributed by atoms with van der Waals surface area (Å²) < 4.78 is 1.96. The highest BCUT2D eigenvalue weighted by Crippen LogP contribution is 2.26. The van der Waals surface area contributed by atoms with E-state index in [4.69, 9.17) is 0 Å². The zero-order valence-electron chi connectivity index (χ0n) is 8.80. The summed E-state index contributed by atoms with van der Waals surface area (Å²) in [5, 5.41) is 13.1. The number of halogens is 2. The van der Waals surface area contributed by atoms with E-state index < -0.39 is 6.10 Å². The molecule has 1 unspecified atom stereocenters. The summed E-state index contributed by atoms with van der Waals surface area (Å²) in [6.45, 7) is 4.69. The van der Waals surface area contributed by atoms with Crippen LogP contribution in [0.3, 0.4) is 0 Å². The molecular formula is C11H15Br2NO. The van der Waals surface area contributed by atoms with Gasteiger partial charge in [0.05, 0.1) is 6.10 Å². The number of aliphatic hydroxyl groups excluding tert-OH is 1. The zero-order chi connectivity index (χ0) is 11.4. The molecule has 2 nitrogen and oxygen atoms in total. The Balaban J connectivity index is 2.65. The quantitative estimate of drug-likeness (QED) is 0.884. The average Bonchev–Trinajstić information content (AvgIpc) is 2.18. The largest absolute Gasteiger partial charge is 0.387 e. The van der Waals surface area contributed by atoms with Crippen LogP contribution < -0.4 is 5.32 Å². The molecule has 0 radical (unpaired) electrons. The molecule has 2 N–H and O–H groups in total. The second-order valence-electron chi connectivity index (χ2n) is 3.75. The first-order chi connectivity index (χ1) is 7.00. The molecule has 1 aromatic rings. The van der Waals surface area contributed by atoms with Crippen LogP contribution in [0.2, 0.25) is 0 Å². The summed E-state index contributed by atoms with van der Waals surface area (Å²) in [7, 11) is 0. The Morgan fingerprint density at radius 2 is 1.93 bits per heavy atom. The minimum atomic E-state index is -0.461. The van der Waals surface area contributed by atoms with Gasteiger partial charge in [-0.1, -0.05) is 19.9 Å². The van der Waals surface area contributed by atoms with Crippen molar-refractivity contribution in [3.05, 3.63) is 32.7 Å². The molecule has 0 bridgehead atoms. The van der Waals surface area contributed by atoms with E-state index in [9.17, 15) is 5.11 Å². The number of nitrogens with one attached hydrogen (secondary N) is 1. The van der Waals surface area contributed by atoms with Crippen molar-refractivity contribution in [3.8, 4) is 0 Å². The van der Waals surface area contributed by atoms with Crippen LogP contribution in [0, 0.1) is 0 Å². The molecule has 4 heteroatoms. The number of benzene rings is 1. The lowest BCUT2D eigenvalue weighted by Crippen LogP contribution is -2.27. The molecule has 0 aliphatic heterocycles. The van der Waals surface area contributed by atoms with Gasteiger partial charge in [-0.3, -0.25) is 0 Å². The van der Waals surface area contributed by atoms with E-state index in [-0.39, 0.29) is 0 Å². The summed E-state index contributed by atoms with van der Waals surface area (Å²) in [5.74, 6) is 0. The minimum absolute atomic E-state index is 0.388. The topological polar surface area (TPSA) is 32.3 Å². The average molecular weight is 337 g/mol. The molecule has 0 aliphatic carbocycles. The van der Waals surface area contributed by atoms with Crippen LogP contribution >= 0.6 is 31.9 Å². The molecule has 15 heavy (non-hydrogen) atoms. The van der Waals surface area contributed by atoms with Crippen molar-refractivity contribution in [3.63, 3.8) is 0 Å². The minimum Gasteiger partial charge on any atom is -0.387 e. The highest BCUT2D eigenvalue weighted by Gasteiger charge is 2.09. The van der Waals surface area contributed by atoms with E-state index in [1.807, 2.05) is 18.2 Å². The zero-order valence-corrected chi connectivity index (χ0v) is 12.0. The first kappa shape index (κ1) is 13.2. The van der Waals surface area contributed by atoms with Gasteiger partial charge in [-0.2, -0.15) is 0 Å². The van der Waals surface area contributed by atoms with Crippen LogP contribution in [-0.4, -0.2) is 17.7 Å². The van der Waals surface area contributed by atoms with Gasteiger partial charge in [0.25, 0.3) is 0 Å². The molecule has 0 saturated heterocycles. The highest BCUT2D eigenvalue weighted by atomic mass is 79.9. The van der Waals surface area contributed by atoms with E-state index in [0.717, 1.165) is 14.5 Å². The number of hydrogen-bond donors (Lipinski definition) is 2. The van der Waals surface area contributed by atoms with Gasteiger partial charge >= 0.3 is 0 Å². The van der Waals surface area contributed by atoms with Gasteiger partial charge in [-0.25, -0.2) is 0 Å². The van der Waals surface area contributed by atoms with Gasteiger partial charge < -0.3 is 10.4 Å². The standard InChI is InChI=1S/C11H15Br2NO/c1-7(2)14-6-11(15)8-3-4-9(12)10(13)5-8/h3-5,7,11,14-15H,6H2,1-2H3. The fourth-order valence-corrected chi connectivity index (χ4v) is 1.83. The van der Waals surface area contributed by atoms with Crippen molar-refractivity contribution >= 4 is 31.9 Å². The van der Waals surface area contributed by atoms with Gasteiger partial charge in [-0.05, 0) is 49.6 Å². The lowest BCUT2D eigenvalue weighted by molar-refractivity contribution is 0.171. The molecule has 1 rings (SSSR count). The summed E-state index contributed by atoms with van der Waals surface area (Å²) in [4.78, 5) is 0. The lowest BCUT2D eigenvalue weighted by Gasteiger charge is -2.14. The first-order valence-electron chi connectivity index (χ1n) is 4.87. The van der Waals surface area contributed by atoms with Crippen molar-refractivity contribution < 1.29 is 5.11 Å². The molecular weight excluding hydrogens is 322 g/mol. The molecule has 0 aliphatic rings. The van der Waals surface area contributed by atoms with Crippen molar-refractivity contribution in [1.29, 1.82) is 0 Å². The van der Waals surface area contributed by atoms with Crippen LogP contribution in [0.5, 0.6) is 0 Å². The maximum Gasteiger partial charge on any atom is 0.0914 e. The molecule has 0 aromatic heterocycles. The first-order valence-corrected chi connectivity index (χ1v) is 6.45. The monoisotopic (exact) mass is 335 g/mol. The van der Waals surface area contributed by atoms with Crippen LogP contribution in [0.1, 0.15) is 25.5 Å². The smallest absolute Gasteiger partial charge is 0.0914 e. The predicted molar refractivity (Wildman–Crippen MR) is 69.9 cm³/mol. The van der Waals surface area contributed by atoms with Crippen LogP contribution in [0.4, 0.5) is 0 Å². The Bertz CT molecular complexity index is 328. The van der Waals surface area contributed by atoms with Crippen molar-refractivity contribution in [2.24, 2.45) is 0 Å². The van der Waals surface area contributed by atoms with Crippen molar-refractivity contribution in [2.75, 3.05) is 6.54 Å². The van der Waals surface area contributed by atoms with Gasteiger partial charge in [0.1, 0.15) is 0 Å². The summed E-state index contributed by atoms with van der Waals surface area (Å²) in [6, 6.07) is 6.16. The maximum absolute atomic E-state index is 9.89. The molecule has 0 amide bonds. The van der Waals surface area contributed by atoms with Gasteiger partial charge in [0.2, 0.25) is 0 Å². The second kappa shape index (κ2) is 5.99. The Labute approximate surface area is 107 Å². The molecule has 84 valence electrons. The normalized spacial score (nSPS) is 13.2. The van der Waals surface area contributed by atoms with E-state index in [1.54, 1.807) is 0 Å². The summed E-state index contributed by atoms with van der Waals surface area (Å²) in [5.41, 5.74) is 0.915. The van der Waals surface area contributed by atoms with Gasteiger partial charge in [0.15, 0.2) is 0 Å². The number of aliphatic hydroxyl groups is 1. The molecule has 0 spiro atoms. The van der Waals surface area contributed by atoms with E-state index in [1.165, 1.54) is 0 Å². The third-order valence-electron chi connectivity index (χ3n) is 2.05. The Hall–Kier alpha value is 0.1000. The van der Waals surface area contributed by atoms with E-state index >= 15 is 0 Å². The van der Waals surface area contributed by atoms with Crippen LogP contribution in [-0.2, 0) is 0 Å². The fourth-order valence-electron chi connectivity index (χ4n) is 1.18. The number of hydrogen-bond acceptors (Lipinski definition) is 2. The third-order valence-corrected chi connectivity index (χ3v) is 3.93. The highest BCUT2D eigenvalue weighted by molar-refractivity contribution is 9.13. The Morgan fingerprint density at radius 3 is 2.47 bits per heavy atom. The predicted octanol–water partition coefficient (Wildman–Crippen LogP) is 3.24. The van der Waals surface area contributed by atoms with Crippen LogP contribution in [0.15, 0.2) is 27.1 Å². The molecule has 0 saturated carbocycles. The Kier molecular flexibility index (Phi) is 5.26. The van der Waals surface area contributed by atoms with Gasteiger partial charge in [-0.15, -0.1) is 0 Å².